The fourth-order valence-electron chi connectivity index (χ4n) is 2.80. The average Bonchev–Trinajstić information content (AvgIpc) is 2.53. The predicted molar refractivity (Wildman–Crippen MR) is 88.2 cm³/mol. The molecular weight excluding hydrogens is 396 g/mol. The van der Waals surface area contributed by atoms with Gasteiger partial charge < -0.3 is 5.32 Å². The van der Waals surface area contributed by atoms with Gasteiger partial charge in [-0.05, 0) is 42.6 Å². The third kappa shape index (κ3) is 5.98. The molecule has 0 atom stereocenters. The Morgan fingerprint density at radius 2 is 1.85 bits per heavy atom. The van der Waals surface area contributed by atoms with Gasteiger partial charge in [-0.15, -0.1) is 0 Å². The number of halogens is 6. The van der Waals surface area contributed by atoms with Crippen LogP contribution in [-0.4, -0.2) is 33.9 Å². The molecule has 0 spiro atoms. The molecule has 0 bridgehead atoms. The second-order valence-electron chi connectivity index (χ2n) is 6.44. The van der Waals surface area contributed by atoms with Crippen LogP contribution in [0.15, 0.2) is 6.20 Å². The molecule has 0 aliphatic heterocycles. The normalized spacial score (nSPS) is 20.3. The van der Waals surface area contributed by atoms with E-state index in [-0.39, 0.29) is 18.7 Å². The molecule has 1 amide bonds. The summed E-state index contributed by atoms with van der Waals surface area (Å²) >= 11 is 1.85. The van der Waals surface area contributed by atoms with Crippen molar-refractivity contribution in [3.63, 3.8) is 0 Å². The summed E-state index contributed by atoms with van der Waals surface area (Å²) in [5.41, 5.74) is -2.89. The van der Waals surface area contributed by atoms with Crippen LogP contribution < -0.4 is 5.32 Å². The molecule has 0 aromatic carbocycles. The SMILES string of the molecule is CCCSCC1CC(CNC(=O)c2cnc(C(F)(F)F)nc2C(F)(F)F)C1. The van der Waals surface area contributed by atoms with Gasteiger partial charge in [-0.2, -0.15) is 38.1 Å². The number of alkyl halides is 6. The zero-order valence-corrected chi connectivity index (χ0v) is 15.3. The fraction of sp³-hybridized carbons (Fsp3) is 0.688. The Hall–Kier alpha value is -1.52. The van der Waals surface area contributed by atoms with Gasteiger partial charge in [-0.1, -0.05) is 6.92 Å². The highest BCUT2D eigenvalue weighted by Crippen LogP contribution is 2.36. The first-order chi connectivity index (χ1) is 12.5. The van der Waals surface area contributed by atoms with Crippen LogP contribution in [0.25, 0.3) is 0 Å². The van der Waals surface area contributed by atoms with Crippen molar-refractivity contribution in [2.24, 2.45) is 11.8 Å². The Morgan fingerprint density at radius 1 is 1.19 bits per heavy atom. The molecule has 1 saturated carbocycles. The summed E-state index contributed by atoms with van der Waals surface area (Å²) in [7, 11) is 0. The summed E-state index contributed by atoms with van der Waals surface area (Å²) in [5, 5.41) is 2.35. The third-order valence-corrected chi connectivity index (χ3v) is 5.55. The van der Waals surface area contributed by atoms with Gasteiger partial charge in [0.2, 0.25) is 5.82 Å². The van der Waals surface area contributed by atoms with Crippen molar-refractivity contribution in [1.29, 1.82) is 0 Å². The zero-order valence-electron chi connectivity index (χ0n) is 14.5. The first-order valence-corrected chi connectivity index (χ1v) is 9.55. The third-order valence-electron chi connectivity index (χ3n) is 4.14. The zero-order chi connectivity index (χ0) is 20.2. The van der Waals surface area contributed by atoms with Gasteiger partial charge in [0.1, 0.15) is 0 Å². The van der Waals surface area contributed by atoms with E-state index >= 15 is 0 Å². The molecule has 1 aromatic rings. The van der Waals surface area contributed by atoms with E-state index in [0.717, 1.165) is 30.8 Å². The molecule has 0 radical (unpaired) electrons. The summed E-state index contributed by atoms with van der Waals surface area (Å²) in [5.74, 6) is -0.276. The van der Waals surface area contributed by atoms with Gasteiger partial charge >= 0.3 is 12.4 Å². The molecule has 1 N–H and O–H groups in total. The van der Waals surface area contributed by atoms with E-state index in [1.807, 2.05) is 11.8 Å². The smallest absolute Gasteiger partial charge is 0.352 e. The van der Waals surface area contributed by atoms with Crippen molar-refractivity contribution in [3.05, 3.63) is 23.3 Å². The Balaban J connectivity index is 1.96. The van der Waals surface area contributed by atoms with Crippen molar-refractivity contribution < 1.29 is 31.1 Å². The Bertz CT molecular complexity index is 659. The molecule has 27 heavy (non-hydrogen) atoms. The van der Waals surface area contributed by atoms with Crippen LogP contribution in [0.1, 0.15) is 48.1 Å². The molecule has 1 fully saturated rings. The van der Waals surface area contributed by atoms with Gasteiger partial charge in [-0.3, -0.25) is 4.79 Å². The lowest BCUT2D eigenvalue weighted by Crippen LogP contribution is -2.37. The molecule has 1 heterocycles. The lowest BCUT2D eigenvalue weighted by atomic mass is 9.76. The molecular formula is C16H19F6N3OS. The Morgan fingerprint density at radius 3 is 2.41 bits per heavy atom. The second-order valence-corrected chi connectivity index (χ2v) is 7.59. The van der Waals surface area contributed by atoms with E-state index in [9.17, 15) is 31.1 Å². The summed E-state index contributed by atoms with van der Waals surface area (Å²) < 4.78 is 76.7. The number of aromatic nitrogens is 2. The average molecular weight is 415 g/mol. The summed E-state index contributed by atoms with van der Waals surface area (Å²) in [6, 6.07) is 0. The number of hydrogen-bond acceptors (Lipinski definition) is 4. The minimum Gasteiger partial charge on any atom is -0.352 e. The maximum absolute atomic E-state index is 13.0. The van der Waals surface area contributed by atoms with E-state index in [0.29, 0.717) is 5.92 Å². The number of hydrogen-bond donors (Lipinski definition) is 1. The van der Waals surface area contributed by atoms with Crippen LogP contribution in [-0.2, 0) is 12.4 Å². The van der Waals surface area contributed by atoms with E-state index in [1.54, 1.807) is 0 Å². The molecule has 0 saturated heterocycles. The number of amides is 1. The highest BCUT2D eigenvalue weighted by molar-refractivity contribution is 7.99. The fourth-order valence-corrected chi connectivity index (χ4v) is 3.86. The number of rotatable bonds is 7. The summed E-state index contributed by atoms with van der Waals surface area (Å²) in [6.07, 6.45) is -7.23. The van der Waals surface area contributed by atoms with Crippen LogP contribution >= 0.6 is 11.8 Å². The Labute approximate surface area is 156 Å². The Kier molecular flexibility index (Phi) is 6.98. The van der Waals surface area contributed by atoms with Crippen LogP contribution in [0.5, 0.6) is 0 Å². The quantitative estimate of drug-likeness (QED) is 0.529. The number of nitrogens with one attached hydrogen (secondary N) is 1. The van der Waals surface area contributed by atoms with E-state index in [4.69, 9.17) is 0 Å². The predicted octanol–water partition coefficient (Wildman–Crippen LogP) is 4.41. The molecule has 152 valence electrons. The van der Waals surface area contributed by atoms with Crippen LogP contribution in [0.3, 0.4) is 0 Å². The lowest BCUT2D eigenvalue weighted by molar-refractivity contribution is -0.153. The van der Waals surface area contributed by atoms with E-state index in [2.05, 4.69) is 22.2 Å². The monoisotopic (exact) mass is 415 g/mol. The minimum absolute atomic E-state index is 0.158. The van der Waals surface area contributed by atoms with Gasteiger partial charge in [0.25, 0.3) is 5.91 Å². The van der Waals surface area contributed by atoms with E-state index < -0.39 is 35.3 Å². The molecule has 0 unspecified atom stereocenters. The molecule has 1 aliphatic rings. The van der Waals surface area contributed by atoms with Gasteiger partial charge in [-0.25, -0.2) is 9.97 Å². The molecule has 2 rings (SSSR count). The topological polar surface area (TPSA) is 54.9 Å². The van der Waals surface area contributed by atoms with Crippen molar-refractivity contribution in [1.82, 2.24) is 15.3 Å². The summed E-state index contributed by atoms with van der Waals surface area (Å²) in [4.78, 5) is 17.4. The van der Waals surface area contributed by atoms with Crippen LogP contribution in [0.2, 0.25) is 0 Å². The lowest BCUT2D eigenvalue weighted by Gasteiger charge is -2.35. The molecule has 1 aromatic heterocycles. The van der Waals surface area contributed by atoms with Crippen LogP contribution in [0.4, 0.5) is 26.3 Å². The highest BCUT2D eigenvalue weighted by Gasteiger charge is 2.42. The van der Waals surface area contributed by atoms with Crippen molar-refractivity contribution in [3.8, 4) is 0 Å². The van der Waals surface area contributed by atoms with Gasteiger partial charge in [0, 0.05) is 12.7 Å². The summed E-state index contributed by atoms with van der Waals surface area (Å²) in [6.45, 7) is 2.26. The van der Waals surface area contributed by atoms with Crippen molar-refractivity contribution in [2.75, 3.05) is 18.1 Å². The van der Waals surface area contributed by atoms with Crippen molar-refractivity contribution >= 4 is 17.7 Å². The molecule has 11 heteroatoms. The largest absolute Gasteiger partial charge is 0.451 e. The maximum Gasteiger partial charge on any atom is 0.451 e. The van der Waals surface area contributed by atoms with Crippen molar-refractivity contribution in [2.45, 2.75) is 38.5 Å². The number of thioether (sulfide) groups is 1. The maximum atomic E-state index is 13.0. The first-order valence-electron chi connectivity index (χ1n) is 8.39. The number of nitrogens with zero attached hydrogens (tertiary/aromatic N) is 2. The van der Waals surface area contributed by atoms with Gasteiger partial charge in [0.15, 0.2) is 5.69 Å². The second kappa shape index (κ2) is 8.66. The number of carbonyl (C=O) groups is 1. The molecule has 4 nitrogen and oxygen atoms in total. The van der Waals surface area contributed by atoms with E-state index in [1.165, 1.54) is 0 Å². The minimum atomic E-state index is -5.20. The van der Waals surface area contributed by atoms with Gasteiger partial charge in [0.05, 0.1) is 5.56 Å². The first kappa shape index (κ1) is 21.8. The standard InChI is InChI=1S/C16H19F6N3OS/c1-2-3-27-8-10-4-9(5-10)6-23-13(26)11-7-24-14(16(20,21)22)25-12(11)15(17,18)19/h7,9-10H,2-6,8H2,1H3,(H,23,26). The number of carbonyl (C=O) groups excluding carboxylic acids is 1. The van der Waals surface area contributed by atoms with Crippen LogP contribution in [0, 0.1) is 11.8 Å². The highest BCUT2D eigenvalue weighted by atomic mass is 32.2. The molecule has 1 aliphatic carbocycles.